The second kappa shape index (κ2) is 9.85. The van der Waals surface area contributed by atoms with Crippen molar-refractivity contribution in [2.24, 2.45) is 5.10 Å². The molecule has 5 nitrogen and oxygen atoms in total. The molecule has 0 fully saturated rings. The number of amides is 1. The largest absolute Gasteiger partial charge is 0.490 e. The lowest BCUT2D eigenvalue weighted by Crippen LogP contribution is -2.18. The van der Waals surface area contributed by atoms with E-state index in [2.05, 4.69) is 32.4 Å². The van der Waals surface area contributed by atoms with E-state index in [-0.39, 0.29) is 12.5 Å². The number of nitrogens with one attached hydrogen (secondary N) is 1. The van der Waals surface area contributed by atoms with Crippen molar-refractivity contribution in [3.8, 4) is 23.8 Å². The summed E-state index contributed by atoms with van der Waals surface area (Å²) in [5, 5.41) is 4.30. The first-order valence-corrected chi connectivity index (χ1v) is 8.84. The fraction of sp³-hybridized carbons (Fsp3) is 0.158. The molecule has 0 aliphatic carbocycles. The molecule has 0 bridgehead atoms. The lowest BCUT2D eigenvalue weighted by molar-refractivity contribution is 0.0954. The van der Waals surface area contributed by atoms with Gasteiger partial charge in [0.15, 0.2) is 11.5 Å². The van der Waals surface area contributed by atoms with Crippen molar-refractivity contribution in [2.75, 3.05) is 13.2 Å². The number of halogens is 2. The SMILES string of the molecule is C#CCOc1c(Cl)cc(/C=N\NC(=O)c2ccccc2Br)cc1OCC. The molecule has 0 heterocycles. The van der Waals surface area contributed by atoms with Crippen molar-refractivity contribution < 1.29 is 14.3 Å². The number of rotatable bonds is 7. The van der Waals surface area contributed by atoms with Crippen LogP contribution >= 0.6 is 27.5 Å². The monoisotopic (exact) mass is 434 g/mol. The van der Waals surface area contributed by atoms with E-state index in [0.29, 0.717) is 38.7 Å². The number of hydrogen-bond acceptors (Lipinski definition) is 4. The Hall–Kier alpha value is -2.49. The topological polar surface area (TPSA) is 59.9 Å². The average molecular weight is 436 g/mol. The third-order valence-corrected chi connectivity index (χ3v) is 4.10. The first-order valence-electron chi connectivity index (χ1n) is 7.67. The van der Waals surface area contributed by atoms with Gasteiger partial charge in [-0.3, -0.25) is 4.79 Å². The number of terminal acetylenes is 1. The van der Waals surface area contributed by atoms with E-state index in [0.717, 1.165) is 0 Å². The highest BCUT2D eigenvalue weighted by atomic mass is 79.9. The van der Waals surface area contributed by atoms with Gasteiger partial charge in [0.05, 0.1) is 23.4 Å². The Morgan fingerprint density at radius 1 is 1.38 bits per heavy atom. The normalized spacial score (nSPS) is 10.4. The van der Waals surface area contributed by atoms with Crippen LogP contribution in [0.3, 0.4) is 0 Å². The Morgan fingerprint density at radius 3 is 2.85 bits per heavy atom. The fourth-order valence-corrected chi connectivity index (χ4v) is 2.79. The third kappa shape index (κ3) is 5.25. The predicted octanol–water partition coefficient (Wildman–Crippen LogP) is 4.28. The summed E-state index contributed by atoms with van der Waals surface area (Å²) >= 11 is 9.56. The summed E-state index contributed by atoms with van der Waals surface area (Å²) in [4.78, 5) is 12.1. The number of hydrazone groups is 1. The minimum absolute atomic E-state index is 0.0786. The van der Waals surface area contributed by atoms with Crippen molar-refractivity contribution in [1.82, 2.24) is 5.43 Å². The van der Waals surface area contributed by atoms with Gasteiger partial charge >= 0.3 is 0 Å². The summed E-state index contributed by atoms with van der Waals surface area (Å²) in [5.74, 6) is 2.87. The fourth-order valence-electron chi connectivity index (χ4n) is 2.05. The molecular formula is C19H16BrClN2O3. The molecule has 0 aromatic heterocycles. The number of benzene rings is 2. The maximum absolute atomic E-state index is 12.1. The highest BCUT2D eigenvalue weighted by Gasteiger charge is 2.12. The first kappa shape index (κ1) is 19.8. The Balaban J connectivity index is 2.16. The molecule has 0 aliphatic rings. The predicted molar refractivity (Wildman–Crippen MR) is 106 cm³/mol. The lowest BCUT2D eigenvalue weighted by atomic mass is 10.2. The molecule has 0 aliphatic heterocycles. The number of nitrogens with zero attached hydrogens (tertiary/aromatic N) is 1. The molecule has 1 amide bonds. The van der Waals surface area contributed by atoms with Crippen LogP contribution in [0.15, 0.2) is 46.0 Å². The molecule has 26 heavy (non-hydrogen) atoms. The van der Waals surface area contributed by atoms with Gasteiger partial charge in [0.2, 0.25) is 0 Å². The Morgan fingerprint density at radius 2 is 2.15 bits per heavy atom. The minimum atomic E-state index is -0.334. The highest BCUT2D eigenvalue weighted by molar-refractivity contribution is 9.10. The van der Waals surface area contributed by atoms with Crippen LogP contribution < -0.4 is 14.9 Å². The molecule has 1 N–H and O–H groups in total. The standard InChI is InChI=1S/C19H16BrClN2O3/c1-3-9-26-18-16(21)10-13(11-17(18)25-4-2)12-22-23-19(24)14-7-5-6-8-15(14)20/h1,5-8,10-12H,4,9H2,2H3,(H,23,24)/b22-12-. The molecule has 0 saturated carbocycles. The summed E-state index contributed by atoms with van der Waals surface area (Å²) < 4.78 is 11.6. The Labute approximate surface area is 165 Å². The van der Waals surface area contributed by atoms with Crippen LogP contribution in [0.4, 0.5) is 0 Å². The van der Waals surface area contributed by atoms with Crippen molar-refractivity contribution >= 4 is 39.7 Å². The molecule has 7 heteroatoms. The van der Waals surface area contributed by atoms with Gasteiger partial charge in [-0.15, -0.1) is 6.42 Å². The van der Waals surface area contributed by atoms with E-state index < -0.39 is 0 Å². The van der Waals surface area contributed by atoms with Crippen LogP contribution in [0.25, 0.3) is 0 Å². The summed E-state index contributed by atoms with van der Waals surface area (Å²) in [6.45, 7) is 2.36. The van der Waals surface area contributed by atoms with E-state index in [4.69, 9.17) is 27.5 Å². The van der Waals surface area contributed by atoms with Gasteiger partial charge in [0.25, 0.3) is 5.91 Å². The maximum atomic E-state index is 12.1. The van der Waals surface area contributed by atoms with E-state index in [1.807, 2.05) is 13.0 Å². The van der Waals surface area contributed by atoms with Gasteiger partial charge in [-0.1, -0.05) is 29.7 Å². The van der Waals surface area contributed by atoms with Gasteiger partial charge < -0.3 is 9.47 Å². The zero-order valence-corrected chi connectivity index (χ0v) is 16.3. The van der Waals surface area contributed by atoms with Crippen LogP contribution in [-0.4, -0.2) is 25.3 Å². The number of ether oxygens (including phenoxy) is 2. The highest BCUT2D eigenvalue weighted by Crippen LogP contribution is 2.36. The summed E-state index contributed by atoms with van der Waals surface area (Å²) in [5.41, 5.74) is 3.59. The van der Waals surface area contributed by atoms with E-state index >= 15 is 0 Å². The third-order valence-electron chi connectivity index (χ3n) is 3.13. The van der Waals surface area contributed by atoms with E-state index in [1.165, 1.54) is 6.21 Å². The molecular weight excluding hydrogens is 420 g/mol. The second-order valence-corrected chi connectivity index (χ2v) is 6.20. The Kier molecular flexibility index (Phi) is 7.52. The van der Waals surface area contributed by atoms with Crippen molar-refractivity contribution in [3.05, 3.63) is 57.0 Å². The van der Waals surface area contributed by atoms with Gasteiger partial charge in [-0.2, -0.15) is 5.10 Å². The molecule has 0 unspecified atom stereocenters. The van der Waals surface area contributed by atoms with Crippen molar-refractivity contribution in [2.45, 2.75) is 6.92 Å². The summed E-state index contributed by atoms with van der Waals surface area (Å²) in [7, 11) is 0. The number of carbonyl (C=O) groups excluding carboxylic acids is 1. The zero-order chi connectivity index (χ0) is 18.9. The molecule has 0 atom stereocenters. The first-order chi connectivity index (χ1) is 12.6. The van der Waals surface area contributed by atoms with Crippen LogP contribution in [0.2, 0.25) is 5.02 Å². The number of hydrogen-bond donors (Lipinski definition) is 1. The van der Waals surface area contributed by atoms with Crippen LogP contribution in [0.5, 0.6) is 11.5 Å². The Bertz CT molecular complexity index is 862. The molecule has 0 spiro atoms. The van der Waals surface area contributed by atoms with Gasteiger partial charge in [-0.05, 0) is 52.7 Å². The second-order valence-electron chi connectivity index (χ2n) is 4.93. The quantitative estimate of drug-likeness (QED) is 0.401. The van der Waals surface area contributed by atoms with Crippen LogP contribution in [0, 0.1) is 12.3 Å². The number of carbonyl (C=O) groups is 1. The summed E-state index contributed by atoms with van der Waals surface area (Å²) in [6.07, 6.45) is 6.68. The molecule has 2 rings (SSSR count). The van der Waals surface area contributed by atoms with E-state index in [9.17, 15) is 4.79 Å². The minimum Gasteiger partial charge on any atom is -0.490 e. The zero-order valence-electron chi connectivity index (χ0n) is 14.0. The van der Waals surface area contributed by atoms with E-state index in [1.54, 1.807) is 30.3 Å². The maximum Gasteiger partial charge on any atom is 0.272 e. The molecule has 0 saturated heterocycles. The van der Waals surface area contributed by atoms with Crippen molar-refractivity contribution in [3.63, 3.8) is 0 Å². The van der Waals surface area contributed by atoms with Crippen LogP contribution in [0.1, 0.15) is 22.8 Å². The van der Waals surface area contributed by atoms with Crippen LogP contribution in [-0.2, 0) is 0 Å². The average Bonchev–Trinajstić information content (AvgIpc) is 2.61. The lowest BCUT2D eigenvalue weighted by Gasteiger charge is -2.12. The van der Waals surface area contributed by atoms with Gasteiger partial charge in [-0.25, -0.2) is 5.43 Å². The smallest absolute Gasteiger partial charge is 0.272 e. The molecule has 134 valence electrons. The summed E-state index contributed by atoms with van der Waals surface area (Å²) in [6, 6.07) is 10.4. The van der Waals surface area contributed by atoms with Gasteiger partial charge in [0.1, 0.15) is 6.61 Å². The van der Waals surface area contributed by atoms with Gasteiger partial charge in [0, 0.05) is 4.47 Å². The molecule has 2 aromatic carbocycles. The molecule has 2 aromatic rings. The van der Waals surface area contributed by atoms with Crippen molar-refractivity contribution in [1.29, 1.82) is 0 Å². The molecule has 0 radical (unpaired) electrons.